The van der Waals surface area contributed by atoms with E-state index in [9.17, 15) is 14.3 Å². The first kappa shape index (κ1) is 12.0. The molecule has 0 saturated heterocycles. The Morgan fingerprint density at radius 2 is 2.21 bits per heavy atom. The molecule has 1 saturated carbocycles. The fourth-order valence-electron chi connectivity index (χ4n) is 2.14. The van der Waals surface area contributed by atoms with Gasteiger partial charge in [-0.25, -0.2) is 4.39 Å². The van der Waals surface area contributed by atoms with Crippen LogP contribution in [0.2, 0.25) is 0 Å². The zero-order valence-electron chi connectivity index (χ0n) is 10.6. The quantitative estimate of drug-likeness (QED) is 0.795. The summed E-state index contributed by atoms with van der Waals surface area (Å²) >= 11 is 0. The van der Waals surface area contributed by atoms with E-state index >= 15 is 0 Å². The summed E-state index contributed by atoms with van der Waals surface area (Å²) in [6.07, 6.45) is 1.85. The second kappa shape index (κ2) is 3.98. The Morgan fingerprint density at radius 1 is 1.47 bits per heavy atom. The van der Waals surface area contributed by atoms with Gasteiger partial charge in [-0.15, -0.1) is 0 Å². The Labute approximate surface area is 109 Å². The largest absolute Gasteiger partial charge is 0.508 e. The average molecular weight is 262 g/mol. The van der Waals surface area contributed by atoms with E-state index in [4.69, 9.17) is 0 Å². The molecule has 1 aromatic heterocycles. The molecule has 1 aliphatic carbocycles. The van der Waals surface area contributed by atoms with E-state index in [0.29, 0.717) is 17.4 Å². The first-order valence-corrected chi connectivity index (χ1v) is 6.26. The van der Waals surface area contributed by atoms with Gasteiger partial charge in [0.25, 0.3) is 0 Å². The van der Waals surface area contributed by atoms with Crippen LogP contribution in [-0.2, 0) is 11.3 Å². The summed E-state index contributed by atoms with van der Waals surface area (Å²) in [4.78, 5) is 14.8. The van der Waals surface area contributed by atoms with Crippen LogP contribution in [0.3, 0.4) is 0 Å². The lowest BCUT2D eigenvalue weighted by atomic mass is 10.1. The number of amides is 1. The maximum atomic E-state index is 13.6. The predicted molar refractivity (Wildman–Crippen MR) is 69.1 cm³/mol. The van der Waals surface area contributed by atoms with Gasteiger partial charge in [-0.05, 0) is 18.9 Å². The standard InChI is InChI=1S/C14H15FN2O2/c1-14(2-3-14)13(19)16-7-8-4-10-11(15)5-9(18)6-12(10)17-8/h4-6,17-18H,2-3,7H2,1H3,(H,16,19). The number of fused-ring (bicyclic) bond motifs is 1. The number of phenols is 1. The third-order valence-corrected chi connectivity index (χ3v) is 3.72. The van der Waals surface area contributed by atoms with Crippen molar-refractivity contribution >= 4 is 16.8 Å². The van der Waals surface area contributed by atoms with Crippen LogP contribution in [0.5, 0.6) is 5.75 Å². The minimum absolute atomic E-state index is 0.0366. The van der Waals surface area contributed by atoms with Crippen LogP contribution in [0, 0.1) is 11.2 Å². The lowest BCUT2D eigenvalue weighted by Gasteiger charge is -2.08. The molecule has 4 nitrogen and oxygen atoms in total. The van der Waals surface area contributed by atoms with Gasteiger partial charge >= 0.3 is 0 Å². The molecule has 3 rings (SSSR count). The predicted octanol–water partition coefficient (Wildman–Crippen LogP) is 2.43. The van der Waals surface area contributed by atoms with Gasteiger partial charge in [0.05, 0.1) is 12.1 Å². The number of nitrogens with one attached hydrogen (secondary N) is 2. The third kappa shape index (κ3) is 2.16. The van der Waals surface area contributed by atoms with Crippen molar-refractivity contribution in [2.75, 3.05) is 0 Å². The summed E-state index contributed by atoms with van der Waals surface area (Å²) in [5.74, 6) is -0.555. The number of aromatic hydroxyl groups is 1. The molecule has 0 radical (unpaired) electrons. The fourth-order valence-corrected chi connectivity index (χ4v) is 2.14. The minimum atomic E-state index is -0.474. The highest BCUT2D eigenvalue weighted by molar-refractivity contribution is 5.85. The number of aromatic amines is 1. The molecule has 5 heteroatoms. The first-order chi connectivity index (χ1) is 8.98. The molecular weight excluding hydrogens is 247 g/mol. The SMILES string of the molecule is CC1(C(=O)NCc2cc3c(F)cc(O)cc3[nH]2)CC1. The summed E-state index contributed by atoms with van der Waals surface area (Å²) in [7, 11) is 0. The Balaban J connectivity index is 1.78. The van der Waals surface area contributed by atoms with Crippen LogP contribution >= 0.6 is 0 Å². The molecule has 1 fully saturated rings. The summed E-state index contributed by atoms with van der Waals surface area (Å²) in [6, 6.07) is 4.19. The number of aromatic nitrogens is 1. The number of H-pyrrole nitrogens is 1. The lowest BCUT2D eigenvalue weighted by Crippen LogP contribution is -2.29. The van der Waals surface area contributed by atoms with E-state index in [-0.39, 0.29) is 17.1 Å². The highest BCUT2D eigenvalue weighted by Gasteiger charge is 2.44. The number of phenolic OH excluding ortho intramolecular Hbond substituents is 1. The monoisotopic (exact) mass is 262 g/mol. The minimum Gasteiger partial charge on any atom is -0.508 e. The van der Waals surface area contributed by atoms with Gasteiger partial charge in [0.1, 0.15) is 11.6 Å². The number of hydrogen-bond donors (Lipinski definition) is 3. The summed E-state index contributed by atoms with van der Waals surface area (Å²) in [5.41, 5.74) is 1.03. The summed E-state index contributed by atoms with van der Waals surface area (Å²) in [6.45, 7) is 2.27. The molecule has 2 aromatic rings. The normalized spacial score (nSPS) is 16.5. The fraction of sp³-hybridized carbons (Fsp3) is 0.357. The average Bonchev–Trinajstić information content (AvgIpc) is 2.96. The van der Waals surface area contributed by atoms with Crippen molar-refractivity contribution in [3.63, 3.8) is 0 Å². The van der Waals surface area contributed by atoms with Gasteiger partial charge in [-0.2, -0.15) is 0 Å². The summed E-state index contributed by atoms with van der Waals surface area (Å²) < 4.78 is 13.6. The molecule has 3 N–H and O–H groups in total. The molecule has 1 heterocycles. The van der Waals surface area contributed by atoms with E-state index in [1.54, 1.807) is 6.07 Å². The van der Waals surface area contributed by atoms with Crippen molar-refractivity contribution in [3.8, 4) is 5.75 Å². The molecule has 0 aliphatic heterocycles. The van der Waals surface area contributed by atoms with Crippen molar-refractivity contribution in [1.82, 2.24) is 10.3 Å². The van der Waals surface area contributed by atoms with E-state index in [1.807, 2.05) is 6.92 Å². The molecule has 1 amide bonds. The maximum absolute atomic E-state index is 13.6. The second-order valence-electron chi connectivity index (χ2n) is 5.43. The molecule has 0 spiro atoms. The third-order valence-electron chi connectivity index (χ3n) is 3.72. The van der Waals surface area contributed by atoms with Gasteiger partial charge < -0.3 is 15.4 Å². The second-order valence-corrected chi connectivity index (χ2v) is 5.43. The highest BCUT2D eigenvalue weighted by Crippen LogP contribution is 2.45. The Bertz CT molecular complexity index is 659. The number of rotatable bonds is 3. The van der Waals surface area contributed by atoms with E-state index in [2.05, 4.69) is 10.3 Å². The molecule has 1 aliphatic rings. The maximum Gasteiger partial charge on any atom is 0.226 e. The number of benzene rings is 1. The van der Waals surface area contributed by atoms with Crippen LogP contribution in [-0.4, -0.2) is 16.0 Å². The van der Waals surface area contributed by atoms with Crippen LogP contribution in [0.4, 0.5) is 4.39 Å². The molecular formula is C14H15FN2O2. The highest BCUT2D eigenvalue weighted by atomic mass is 19.1. The zero-order chi connectivity index (χ0) is 13.6. The Kier molecular flexibility index (Phi) is 2.52. The van der Waals surface area contributed by atoms with Crippen molar-refractivity contribution in [2.24, 2.45) is 5.41 Å². The van der Waals surface area contributed by atoms with Crippen molar-refractivity contribution in [1.29, 1.82) is 0 Å². The van der Waals surface area contributed by atoms with Crippen LogP contribution < -0.4 is 5.32 Å². The van der Waals surface area contributed by atoms with Crippen LogP contribution in [0.15, 0.2) is 18.2 Å². The van der Waals surface area contributed by atoms with Crippen LogP contribution in [0.1, 0.15) is 25.5 Å². The number of halogens is 1. The van der Waals surface area contributed by atoms with E-state index < -0.39 is 5.82 Å². The van der Waals surface area contributed by atoms with Crippen molar-refractivity contribution in [2.45, 2.75) is 26.3 Å². The molecule has 1 aromatic carbocycles. The van der Waals surface area contributed by atoms with E-state index in [1.165, 1.54) is 6.07 Å². The Hall–Kier alpha value is -2.04. The molecule has 19 heavy (non-hydrogen) atoms. The molecule has 100 valence electrons. The first-order valence-electron chi connectivity index (χ1n) is 6.26. The number of carbonyl (C=O) groups excluding carboxylic acids is 1. The molecule has 0 unspecified atom stereocenters. The van der Waals surface area contributed by atoms with Gasteiger partial charge in [-0.3, -0.25) is 4.79 Å². The van der Waals surface area contributed by atoms with Gasteiger partial charge in [-0.1, -0.05) is 6.92 Å². The number of hydrogen-bond acceptors (Lipinski definition) is 2. The topological polar surface area (TPSA) is 65.1 Å². The summed E-state index contributed by atoms with van der Waals surface area (Å²) in [5, 5.41) is 12.6. The van der Waals surface area contributed by atoms with Gasteiger partial charge in [0, 0.05) is 28.6 Å². The van der Waals surface area contributed by atoms with Crippen LogP contribution in [0.25, 0.3) is 10.9 Å². The molecule has 0 bridgehead atoms. The van der Waals surface area contributed by atoms with Crippen molar-refractivity contribution in [3.05, 3.63) is 29.7 Å². The smallest absolute Gasteiger partial charge is 0.226 e. The van der Waals surface area contributed by atoms with Crippen molar-refractivity contribution < 1.29 is 14.3 Å². The molecule has 0 atom stereocenters. The van der Waals surface area contributed by atoms with Gasteiger partial charge in [0.2, 0.25) is 5.91 Å². The van der Waals surface area contributed by atoms with E-state index in [0.717, 1.165) is 24.6 Å². The van der Waals surface area contributed by atoms with Gasteiger partial charge in [0.15, 0.2) is 0 Å². The number of carbonyl (C=O) groups is 1. The lowest BCUT2D eigenvalue weighted by molar-refractivity contribution is -0.125. The zero-order valence-corrected chi connectivity index (χ0v) is 10.6. The Morgan fingerprint density at radius 3 is 2.89 bits per heavy atom.